The highest BCUT2D eigenvalue weighted by Gasteiger charge is 2.20. The molecule has 8 nitrogen and oxygen atoms in total. The lowest BCUT2D eigenvalue weighted by atomic mass is 10.1. The maximum absolute atomic E-state index is 13.5. The number of carbonyl (C=O) groups is 1. The Morgan fingerprint density at radius 2 is 1.69 bits per heavy atom. The summed E-state index contributed by atoms with van der Waals surface area (Å²) in [5.74, 6) is 0.978. The molecule has 2 heterocycles. The van der Waals surface area contributed by atoms with E-state index in [1.165, 1.54) is 0 Å². The van der Waals surface area contributed by atoms with E-state index in [0.717, 1.165) is 16.8 Å². The number of aromatic nitrogens is 4. The van der Waals surface area contributed by atoms with Gasteiger partial charge in [0.25, 0.3) is 5.91 Å². The van der Waals surface area contributed by atoms with Crippen LogP contribution in [0.3, 0.4) is 0 Å². The number of para-hydroxylation sites is 1. The van der Waals surface area contributed by atoms with Crippen molar-refractivity contribution in [2.75, 3.05) is 12.4 Å². The molecule has 0 bridgehead atoms. The summed E-state index contributed by atoms with van der Waals surface area (Å²) in [7, 11) is 1.61. The number of anilines is 1. The van der Waals surface area contributed by atoms with Crippen molar-refractivity contribution in [2.45, 2.75) is 6.92 Å². The molecule has 178 valence electrons. The SMILES string of the molecule is COc1cccc(-c2nn(-c3ccccc3)cc2C(=O)Nc2ccc(Oc3ncccn3)cc2C)c1. The summed E-state index contributed by atoms with van der Waals surface area (Å²) in [6, 6.07) is 24.5. The van der Waals surface area contributed by atoms with E-state index in [0.29, 0.717) is 28.4 Å². The van der Waals surface area contributed by atoms with Crippen molar-refractivity contribution in [3.05, 3.63) is 109 Å². The molecular weight excluding hydrogens is 454 g/mol. The van der Waals surface area contributed by atoms with Crippen molar-refractivity contribution in [2.24, 2.45) is 0 Å². The first-order chi connectivity index (χ1) is 17.6. The van der Waals surface area contributed by atoms with Crippen molar-refractivity contribution in [3.63, 3.8) is 0 Å². The first-order valence-corrected chi connectivity index (χ1v) is 11.3. The summed E-state index contributed by atoms with van der Waals surface area (Å²) in [5.41, 5.74) is 4.10. The van der Waals surface area contributed by atoms with E-state index in [4.69, 9.17) is 14.6 Å². The number of aryl methyl sites for hydroxylation is 1. The predicted octanol–water partition coefficient (Wildman–Crippen LogP) is 5.69. The number of methoxy groups -OCH3 is 1. The van der Waals surface area contributed by atoms with Gasteiger partial charge in [-0.1, -0.05) is 30.3 Å². The van der Waals surface area contributed by atoms with Crippen molar-refractivity contribution in [1.29, 1.82) is 0 Å². The Hall–Kier alpha value is -4.98. The second-order valence-electron chi connectivity index (χ2n) is 7.97. The van der Waals surface area contributed by atoms with E-state index < -0.39 is 0 Å². The third kappa shape index (κ3) is 4.92. The zero-order valence-corrected chi connectivity index (χ0v) is 19.8. The first kappa shape index (κ1) is 22.8. The van der Waals surface area contributed by atoms with Crippen LogP contribution in [-0.2, 0) is 0 Å². The standard InChI is InChI=1S/C28H23N5O3/c1-19-16-23(36-28-29-14-7-15-30-28)12-13-25(19)31-27(34)24-18-33(21-9-4-3-5-10-21)32-26(24)20-8-6-11-22(17-20)35-2/h3-18H,1-2H3,(H,31,34). The van der Waals surface area contributed by atoms with Crippen LogP contribution in [0.25, 0.3) is 16.9 Å². The van der Waals surface area contributed by atoms with E-state index in [1.54, 1.807) is 48.6 Å². The highest BCUT2D eigenvalue weighted by molar-refractivity contribution is 6.08. The van der Waals surface area contributed by atoms with Crippen LogP contribution < -0.4 is 14.8 Å². The molecule has 0 atom stereocenters. The van der Waals surface area contributed by atoms with Crippen molar-refractivity contribution in [1.82, 2.24) is 19.7 Å². The van der Waals surface area contributed by atoms with E-state index in [-0.39, 0.29) is 11.9 Å². The van der Waals surface area contributed by atoms with Gasteiger partial charge in [-0.05, 0) is 61.0 Å². The van der Waals surface area contributed by atoms with Crippen LogP contribution in [0.2, 0.25) is 0 Å². The molecule has 2 aromatic heterocycles. The summed E-state index contributed by atoms with van der Waals surface area (Å²) >= 11 is 0. The molecule has 0 unspecified atom stereocenters. The fourth-order valence-corrected chi connectivity index (χ4v) is 3.71. The molecule has 36 heavy (non-hydrogen) atoms. The second kappa shape index (κ2) is 10.1. The minimum absolute atomic E-state index is 0.255. The molecule has 1 amide bonds. The Morgan fingerprint density at radius 3 is 2.44 bits per heavy atom. The van der Waals surface area contributed by atoms with Gasteiger partial charge in [-0.2, -0.15) is 5.10 Å². The number of rotatable bonds is 7. The maximum atomic E-state index is 13.5. The molecule has 0 saturated heterocycles. The van der Waals surface area contributed by atoms with Gasteiger partial charge in [-0.3, -0.25) is 4.79 Å². The Kier molecular flexibility index (Phi) is 6.40. The average molecular weight is 478 g/mol. The Morgan fingerprint density at radius 1 is 0.889 bits per heavy atom. The maximum Gasteiger partial charge on any atom is 0.321 e. The molecule has 0 spiro atoms. The fraction of sp³-hybridized carbons (Fsp3) is 0.0714. The lowest BCUT2D eigenvalue weighted by Gasteiger charge is -2.11. The molecule has 0 saturated carbocycles. The molecule has 0 aliphatic rings. The first-order valence-electron chi connectivity index (χ1n) is 11.3. The number of nitrogens with one attached hydrogen (secondary N) is 1. The third-order valence-corrected chi connectivity index (χ3v) is 5.52. The molecule has 0 fully saturated rings. The summed E-state index contributed by atoms with van der Waals surface area (Å²) in [5, 5.41) is 7.75. The number of benzene rings is 3. The molecule has 0 aliphatic carbocycles. The summed E-state index contributed by atoms with van der Waals surface area (Å²) < 4.78 is 12.8. The van der Waals surface area contributed by atoms with Gasteiger partial charge in [0, 0.05) is 29.8 Å². The number of hydrogen-bond donors (Lipinski definition) is 1. The predicted molar refractivity (Wildman–Crippen MR) is 137 cm³/mol. The topological polar surface area (TPSA) is 91.2 Å². The van der Waals surface area contributed by atoms with Crippen LogP contribution in [0.1, 0.15) is 15.9 Å². The van der Waals surface area contributed by atoms with Gasteiger partial charge < -0.3 is 14.8 Å². The number of carbonyl (C=O) groups excluding carboxylic acids is 1. The summed E-state index contributed by atoms with van der Waals surface area (Å²) in [4.78, 5) is 21.6. The van der Waals surface area contributed by atoms with Gasteiger partial charge in [0.15, 0.2) is 0 Å². The zero-order valence-electron chi connectivity index (χ0n) is 19.8. The summed E-state index contributed by atoms with van der Waals surface area (Å²) in [6.45, 7) is 1.89. The lowest BCUT2D eigenvalue weighted by molar-refractivity contribution is 0.102. The molecule has 0 radical (unpaired) electrons. The van der Waals surface area contributed by atoms with Crippen molar-refractivity contribution < 1.29 is 14.3 Å². The van der Waals surface area contributed by atoms with Crippen LogP contribution in [0.15, 0.2) is 97.5 Å². The molecular formula is C28H23N5O3. The number of amides is 1. The number of ether oxygens (including phenoxy) is 2. The van der Waals surface area contributed by atoms with Crippen LogP contribution in [0, 0.1) is 6.92 Å². The summed E-state index contributed by atoms with van der Waals surface area (Å²) in [6.07, 6.45) is 4.96. The smallest absolute Gasteiger partial charge is 0.321 e. The monoisotopic (exact) mass is 477 g/mol. The molecule has 5 rings (SSSR count). The molecule has 3 aromatic carbocycles. The fourth-order valence-electron chi connectivity index (χ4n) is 3.71. The third-order valence-electron chi connectivity index (χ3n) is 5.52. The molecule has 1 N–H and O–H groups in total. The average Bonchev–Trinajstić information content (AvgIpc) is 3.37. The Bertz CT molecular complexity index is 1500. The molecule has 8 heteroatoms. The normalized spacial score (nSPS) is 10.6. The van der Waals surface area contributed by atoms with Gasteiger partial charge in [-0.15, -0.1) is 0 Å². The van der Waals surface area contributed by atoms with Gasteiger partial charge in [0.05, 0.1) is 18.4 Å². The van der Waals surface area contributed by atoms with E-state index in [9.17, 15) is 4.79 Å². The minimum atomic E-state index is -0.279. The highest BCUT2D eigenvalue weighted by atomic mass is 16.5. The number of nitrogens with zero attached hydrogens (tertiary/aromatic N) is 4. The Balaban J connectivity index is 1.46. The molecule has 5 aromatic rings. The lowest BCUT2D eigenvalue weighted by Crippen LogP contribution is -2.13. The van der Waals surface area contributed by atoms with Crippen LogP contribution >= 0.6 is 0 Å². The van der Waals surface area contributed by atoms with E-state index >= 15 is 0 Å². The van der Waals surface area contributed by atoms with Gasteiger partial charge in [0.1, 0.15) is 17.2 Å². The van der Waals surface area contributed by atoms with Gasteiger partial charge in [0.2, 0.25) is 0 Å². The Labute approximate surface area is 208 Å². The second-order valence-corrected chi connectivity index (χ2v) is 7.97. The van der Waals surface area contributed by atoms with Crippen molar-refractivity contribution in [3.8, 4) is 34.5 Å². The van der Waals surface area contributed by atoms with Crippen LogP contribution in [0.4, 0.5) is 5.69 Å². The van der Waals surface area contributed by atoms with E-state index in [2.05, 4.69) is 15.3 Å². The zero-order chi connectivity index (χ0) is 24.9. The van der Waals surface area contributed by atoms with E-state index in [1.807, 2.05) is 67.6 Å². The largest absolute Gasteiger partial charge is 0.497 e. The highest BCUT2D eigenvalue weighted by Crippen LogP contribution is 2.29. The quantitative estimate of drug-likeness (QED) is 0.324. The van der Waals surface area contributed by atoms with Gasteiger partial charge in [-0.25, -0.2) is 14.6 Å². The molecule has 0 aliphatic heterocycles. The van der Waals surface area contributed by atoms with Gasteiger partial charge >= 0.3 is 6.01 Å². The van der Waals surface area contributed by atoms with Crippen LogP contribution in [0.5, 0.6) is 17.5 Å². The van der Waals surface area contributed by atoms with Crippen molar-refractivity contribution >= 4 is 11.6 Å². The minimum Gasteiger partial charge on any atom is -0.497 e. The van der Waals surface area contributed by atoms with Crippen LogP contribution in [-0.4, -0.2) is 32.8 Å². The number of hydrogen-bond acceptors (Lipinski definition) is 6.